The summed E-state index contributed by atoms with van der Waals surface area (Å²) < 4.78 is 27.6. The van der Waals surface area contributed by atoms with Crippen LogP contribution in [0.1, 0.15) is 45.4 Å². The lowest BCUT2D eigenvalue weighted by Gasteiger charge is -2.25. The first kappa shape index (κ1) is 19.4. The van der Waals surface area contributed by atoms with Crippen LogP contribution < -0.4 is 0 Å². The number of aryl methyl sites for hydroxylation is 1. The standard InChI is InChI=1S/C17H28N2O3S2/c1-5-14-7-8-16(23-14)24(21,22)19-10-6-9-18(11-12-19)15(20)13-17(2,3)4/h7-8H,5-6,9-13H2,1-4H3. The van der Waals surface area contributed by atoms with E-state index < -0.39 is 10.0 Å². The summed E-state index contributed by atoms with van der Waals surface area (Å²) in [6.07, 6.45) is 2.01. The highest BCUT2D eigenvalue weighted by Crippen LogP contribution is 2.26. The Morgan fingerprint density at radius 1 is 1.17 bits per heavy atom. The first-order valence-electron chi connectivity index (χ1n) is 8.50. The van der Waals surface area contributed by atoms with Crippen molar-refractivity contribution < 1.29 is 13.2 Å². The quantitative estimate of drug-likeness (QED) is 0.816. The van der Waals surface area contributed by atoms with Crippen LogP contribution in [0.15, 0.2) is 16.3 Å². The Bertz CT molecular complexity index is 674. The predicted octanol–water partition coefficient (Wildman–Crippen LogP) is 2.97. The second-order valence-electron chi connectivity index (χ2n) is 7.45. The molecule has 24 heavy (non-hydrogen) atoms. The van der Waals surface area contributed by atoms with Crippen molar-refractivity contribution in [1.29, 1.82) is 0 Å². The second-order valence-corrected chi connectivity index (χ2v) is 10.8. The van der Waals surface area contributed by atoms with Crippen LogP contribution in [0, 0.1) is 5.41 Å². The Morgan fingerprint density at radius 2 is 1.88 bits per heavy atom. The van der Waals surface area contributed by atoms with Crippen molar-refractivity contribution in [2.75, 3.05) is 26.2 Å². The van der Waals surface area contributed by atoms with E-state index in [1.165, 1.54) is 15.6 Å². The zero-order valence-corrected chi connectivity index (χ0v) is 16.7. The first-order chi connectivity index (χ1) is 11.1. The van der Waals surface area contributed by atoms with E-state index in [1.54, 1.807) is 6.07 Å². The highest BCUT2D eigenvalue weighted by Gasteiger charge is 2.30. The van der Waals surface area contributed by atoms with Gasteiger partial charge in [-0.05, 0) is 30.4 Å². The molecule has 0 saturated carbocycles. The second kappa shape index (κ2) is 7.54. The van der Waals surface area contributed by atoms with Gasteiger partial charge in [-0.2, -0.15) is 4.31 Å². The summed E-state index contributed by atoms with van der Waals surface area (Å²) in [6.45, 7) is 10.1. The SMILES string of the molecule is CCc1ccc(S(=O)(=O)N2CCCN(C(=O)CC(C)(C)C)CC2)s1. The van der Waals surface area contributed by atoms with Gasteiger partial charge < -0.3 is 4.90 Å². The summed E-state index contributed by atoms with van der Waals surface area (Å²) in [7, 11) is -3.44. The van der Waals surface area contributed by atoms with Gasteiger partial charge in [0, 0.05) is 37.5 Å². The van der Waals surface area contributed by atoms with Crippen molar-refractivity contribution in [3.63, 3.8) is 0 Å². The molecule has 7 heteroatoms. The van der Waals surface area contributed by atoms with Gasteiger partial charge in [0.05, 0.1) is 0 Å². The van der Waals surface area contributed by atoms with E-state index in [-0.39, 0.29) is 11.3 Å². The smallest absolute Gasteiger partial charge is 0.252 e. The molecule has 0 spiro atoms. The molecule has 1 fully saturated rings. The van der Waals surface area contributed by atoms with E-state index in [2.05, 4.69) is 0 Å². The molecule has 1 saturated heterocycles. The number of carbonyl (C=O) groups excluding carboxylic acids is 1. The molecule has 2 rings (SSSR count). The highest BCUT2D eigenvalue weighted by atomic mass is 32.2. The molecule has 0 aliphatic carbocycles. The molecule has 0 atom stereocenters. The zero-order chi connectivity index (χ0) is 18.0. The number of rotatable bonds is 4. The van der Waals surface area contributed by atoms with Crippen molar-refractivity contribution in [3.05, 3.63) is 17.0 Å². The van der Waals surface area contributed by atoms with Crippen LogP contribution in [-0.4, -0.2) is 49.7 Å². The molecule has 0 aromatic carbocycles. The Hall–Kier alpha value is -0.920. The zero-order valence-electron chi connectivity index (χ0n) is 15.0. The number of hydrogen-bond acceptors (Lipinski definition) is 4. The van der Waals surface area contributed by atoms with Gasteiger partial charge in [0.25, 0.3) is 10.0 Å². The summed E-state index contributed by atoms with van der Waals surface area (Å²) in [6, 6.07) is 3.58. The summed E-state index contributed by atoms with van der Waals surface area (Å²) in [4.78, 5) is 15.3. The normalized spacial score (nSPS) is 17.8. The lowest BCUT2D eigenvalue weighted by Crippen LogP contribution is -2.38. The van der Waals surface area contributed by atoms with Crippen molar-refractivity contribution in [3.8, 4) is 0 Å². The third kappa shape index (κ3) is 4.80. The Balaban J connectivity index is 2.06. The van der Waals surface area contributed by atoms with E-state index in [1.807, 2.05) is 38.7 Å². The molecule has 1 amide bonds. The van der Waals surface area contributed by atoms with Gasteiger partial charge in [0.1, 0.15) is 4.21 Å². The molecular weight excluding hydrogens is 344 g/mol. The van der Waals surface area contributed by atoms with E-state index in [9.17, 15) is 13.2 Å². The van der Waals surface area contributed by atoms with Gasteiger partial charge in [-0.1, -0.05) is 27.7 Å². The van der Waals surface area contributed by atoms with E-state index in [0.29, 0.717) is 43.2 Å². The predicted molar refractivity (Wildman–Crippen MR) is 97.7 cm³/mol. The topological polar surface area (TPSA) is 57.7 Å². The Morgan fingerprint density at radius 3 is 2.46 bits per heavy atom. The molecule has 0 N–H and O–H groups in total. The lowest BCUT2D eigenvalue weighted by atomic mass is 9.91. The van der Waals surface area contributed by atoms with Gasteiger partial charge in [-0.3, -0.25) is 4.79 Å². The highest BCUT2D eigenvalue weighted by molar-refractivity contribution is 7.91. The molecule has 5 nitrogen and oxygen atoms in total. The van der Waals surface area contributed by atoms with Crippen LogP contribution in [0.4, 0.5) is 0 Å². The number of sulfonamides is 1. The molecule has 1 aromatic heterocycles. The first-order valence-corrected chi connectivity index (χ1v) is 10.8. The fourth-order valence-electron chi connectivity index (χ4n) is 2.76. The average molecular weight is 373 g/mol. The molecular formula is C17H28N2O3S2. The van der Waals surface area contributed by atoms with Crippen molar-refractivity contribution in [2.24, 2.45) is 5.41 Å². The summed E-state index contributed by atoms with van der Waals surface area (Å²) >= 11 is 1.35. The number of thiophene rings is 1. The van der Waals surface area contributed by atoms with Crippen LogP contribution in [0.3, 0.4) is 0 Å². The minimum atomic E-state index is -3.44. The molecule has 136 valence electrons. The minimum absolute atomic E-state index is 0.0529. The molecule has 0 unspecified atom stereocenters. The van der Waals surface area contributed by atoms with Gasteiger partial charge in [-0.15, -0.1) is 11.3 Å². The van der Waals surface area contributed by atoms with Gasteiger partial charge in [0.2, 0.25) is 5.91 Å². The molecule has 1 aliphatic heterocycles. The number of hydrogen-bond donors (Lipinski definition) is 0. The van der Waals surface area contributed by atoms with Crippen molar-refractivity contribution in [1.82, 2.24) is 9.21 Å². The van der Waals surface area contributed by atoms with Gasteiger partial charge in [-0.25, -0.2) is 8.42 Å². The molecule has 2 heterocycles. The largest absolute Gasteiger partial charge is 0.341 e. The maximum Gasteiger partial charge on any atom is 0.252 e. The van der Waals surface area contributed by atoms with Crippen LogP contribution in [-0.2, 0) is 21.2 Å². The fraction of sp³-hybridized carbons (Fsp3) is 0.706. The Kier molecular flexibility index (Phi) is 6.09. The van der Waals surface area contributed by atoms with Crippen LogP contribution in [0.2, 0.25) is 0 Å². The third-order valence-corrected chi connectivity index (χ3v) is 7.66. The molecule has 0 radical (unpaired) electrons. The maximum absolute atomic E-state index is 12.8. The van der Waals surface area contributed by atoms with Gasteiger partial charge in [0.15, 0.2) is 0 Å². The van der Waals surface area contributed by atoms with Crippen molar-refractivity contribution >= 4 is 27.3 Å². The number of carbonyl (C=O) groups is 1. The van der Waals surface area contributed by atoms with Gasteiger partial charge >= 0.3 is 0 Å². The summed E-state index contributed by atoms with van der Waals surface area (Å²) in [5.41, 5.74) is -0.0529. The number of amides is 1. The van der Waals surface area contributed by atoms with E-state index in [0.717, 1.165) is 11.3 Å². The molecule has 1 aliphatic rings. The minimum Gasteiger partial charge on any atom is -0.341 e. The fourth-order valence-corrected chi connectivity index (χ4v) is 5.68. The molecule has 1 aromatic rings. The lowest BCUT2D eigenvalue weighted by molar-refractivity contribution is -0.132. The number of nitrogens with zero attached hydrogens (tertiary/aromatic N) is 2. The Labute approximate surface area is 149 Å². The van der Waals surface area contributed by atoms with Crippen LogP contribution in [0.25, 0.3) is 0 Å². The third-order valence-electron chi connectivity index (χ3n) is 4.07. The summed E-state index contributed by atoms with van der Waals surface area (Å²) in [5, 5.41) is 0. The van der Waals surface area contributed by atoms with Crippen LogP contribution >= 0.6 is 11.3 Å². The average Bonchev–Trinajstić information content (AvgIpc) is 2.82. The van der Waals surface area contributed by atoms with E-state index >= 15 is 0 Å². The molecule has 0 bridgehead atoms. The maximum atomic E-state index is 12.8. The van der Waals surface area contributed by atoms with E-state index in [4.69, 9.17) is 0 Å². The van der Waals surface area contributed by atoms with Crippen LogP contribution in [0.5, 0.6) is 0 Å². The monoisotopic (exact) mass is 372 g/mol. The van der Waals surface area contributed by atoms with Crippen molar-refractivity contribution in [2.45, 2.75) is 51.2 Å². The summed E-state index contributed by atoms with van der Waals surface area (Å²) in [5.74, 6) is 0.117.